The van der Waals surface area contributed by atoms with Crippen molar-refractivity contribution in [3.8, 4) is 0 Å². The molecular weight excluding hydrogens is 324 g/mol. The Kier molecular flexibility index (Phi) is 4.95. The Bertz CT molecular complexity index is 596. The molecule has 0 unspecified atom stereocenters. The molecule has 0 saturated carbocycles. The van der Waals surface area contributed by atoms with Crippen molar-refractivity contribution in [1.82, 2.24) is 5.32 Å². The number of hydrogen-bond acceptors (Lipinski definition) is 3. The minimum Gasteiger partial charge on any atom is -0.467 e. The highest BCUT2D eigenvalue weighted by molar-refractivity contribution is 9.09. The van der Waals surface area contributed by atoms with Crippen LogP contribution in [0.25, 0.3) is 0 Å². The number of nitrogens with one attached hydrogen (secondary N) is 2. The van der Waals surface area contributed by atoms with Crippen LogP contribution in [0.3, 0.4) is 0 Å². The highest BCUT2D eigenvalue weighted by atomic mass is 79.9. The predicted octanol–water partition coefficient (Wildman–Crippen LogP) is 2.54. The third-order valence-electron chi connectivity index (χ3n) is 2.53. The highest BCUT2D eigenvalue weighted by Gasteiger charge is 2.08. The zero-order chi connectivity index (χ0) is 14.4. The second-order valence-corrected chi connectivity index (χ2v) is 4.59. The van der Waals surface area contributed by atoms with Crippen molar-refractivity contribution in [2.75, 3.05) is 10.6 Å². The molecule has 0 spiro atoms. The third-order valence-corrected chi connectivity index (χ3v) is 3.04. The fraction of sp³-hybridized carbons (Fsp3) is 0.143. The van der Waals surface area contributed by atoms with Gasteiger partial charge < -0.3 is 15.1 Å². The van der Waals surface area contributed by atoms with Gasteiger partial charge in [0, 0.05) is 11.3 Å². The zero-order valence-corrected chi connectivity index (χ0v) is 12.1. The van der Waals surface area contributed by atoms with Gasteiger partial charge in [0.05, 0.1) is 18.1 Å². The second kappa shape index (κ2) is 6.91. The van der Waals surface area contributed by atoms with Gasteiger partial charge in [0.25, 0.3) is 5.91 Å². The summed E-state index contributed by atoms with van der Waals surface area (Å²) in [5, 5.41) is 5.62. The summed E-state index contributed by atoms with van der Waals surface area (Å²) in [7, 11) is 0. The van der Waals surface area contributed by atoms with E-state index in [-0.39, 0.29) is 17.1 Å². The van der Waals surface area contributed by atoms with E-state index < -0.39 is 0 Å². The third kappa shape index (κ3) is 3.96. The molecule has 0 radical (unpaired) electrons. The van der Waals surface area contributed by atoms with Gasteiger partial charge in [0.15, 0.2) is 0 Å². The average molecular weight is 337 g/mol. The van der Waals surface area contributed by atoms with E-state index in [0.717, 1.165) is 0 Å². The molecule has 0 fully saturated rings. The molecule has 0 aliphatic carbocycles. The lowest BCUT2D eigenvalue weighted by atomic mass is 10.2. The maximum Gasteiger partial charge on any atom is 0.251 e. The van der Waals surface area contributed by atoms with Crippen molar-refractivity contribution in [2.45, 2.75) is 6.54 Å². The Morgan fingerprint density at radius 3 is 2.75 bits per heavy atom. The van der Waals surface area contributed by atoms with Gasteiger partial charge in [-0.15, -0.1) is 0 Å². The SMILES string of the molecule is O=C(CBr)Nc1cccc(C(=O)NCc2ccco2)c1. The molecule has 0 saturated heterocycles. The standard InChI is InChI=1S/C14H13BrN2O3/c15-8-13(18)17-11-4-1-3-10(7-11)14(19)16-9-12-5-2-6-20-12/h1-7H,8-9H2,(H,16,19)(H,17,18). The van der Waals surface area contributed by atoms with Crippen LogP contribution in [0.1, 0.15) is 16.1 Å². The minimum atomic E-state index is -0.226. The number of hydrogen-bond donors (Lipinski definition) is 2. The molecule has 6 heteroatoms. The van der Waals surface area contributed by atoms with Gasteiger partial charge in [0.2, 0.25) is 5.91 Å². The van der Waals surface area contributed by atoms with E-state index in [2.05, 4.69) is 26.6 Å². The topological polar surface area (TPSA) is 71.3 Å². The summed E-state index contributed by atoms with van der Waals surface area (Å²) < 4.78 is 5.13. The first kappa shape index (κ1) is 14.3. The lowest BCUT2D eigenvalue weighted by molar-refractivity contribution is -0.113. The summed E-state index contributed by atoms with van der Waals surface area (Å²) >= 11 is 3.06. The lowest BCUT2D eigenvalue weighted by Crippen LogP contribution is -2.22. The Morgan fingerprint density at radius 1 is 1.20 bits per heavy atom. The Balaban J connectivity index is 1.98. The fourth-order valence-corrected chi connectivity index (χ4v) is 1.76. The van der Waals surface area contributed by atoms with E-state index in [9.17, 15) is 9.59 Å². The van der Waals surface area contributed by atoms with Crippen molar-refractivity contribution < 1.29 is 14.0 Å². The van der Waals surface area contributed by atoms with Crippen molar-refractivity contribution in [3.63, 3.8) is 0 Å². The molecule has 0 bridgehead atoms. The number of alkyl halides is 1. The smallest absolute Gasteiger partial charge is 0.251 e. The van der Waals surface area contributed by atoms with E-state index in [1.165, 1.54) is 0 Å². The fourth-order valence-electron chi connectivity index (χ4n) is 1.62. The van der Waals surface area contributed by atoms with Crippen LogP contribution < -0.4 is 10.6 Å². The number of halogens is 1. The first-order chi connectivity index (χ1) is 9.69. The van der Waals surface area contributed by atoms with Crippen LogP contribution in [0, 0.1) is 0 Å². The number of rotatable bonds is 5. The van der Waals surface area contributed by atoms with Crippen LogP contribution in [0.2, 0.25) is 0 Å². The number of amides is 2. The van der Waals surface area contributed by atoms with Crippen LogP contribution in [0.4, 0.5) is 5.69 Å². The van der Waals surface area contributed by atoms with Crippen molar-refractivity contribution in [3.05, 3.63) is 54.0 Å². The summed E-state index contributed by atoms with van der Waals surface area (Å²) in [6, 6.07) is 10.3. The summed E-state index contributed by atoms with van der Waals surface area (Å²) in [6.07, 6.45) is 1.55. The molecule has 1 heterocycles. The Hall–Kier alpha value is -2.08. The van der Waals surface area contributed by atoms with Crippen LogP contribution in [0.5, 0.6) is 0 Å². The van der Waals surface area contributed by atoms with Crippen molar-refractivity contribution in [2.24, 2.45) is 0 Å². The second-order valence-electron chi connectivity index (χ2n) is 4.02. The van der Waals surface area contributed by atoms with Crippen LogP contribution in [-0.4, -0.2) is 17.1 Å². The first-order valence-electron chi connectivity index (χ1n) is 5.95. The summed E-state index contributed by atoms with van der Waals surface area (Å²) in [4.78, 5) is 23.2. The van der Waals surface area contributed by atoms with Gasteiger partial charge in [-0.3, -0.25) is 9.59 Å². The Labute approximate surface area is 124 Å². The van der Waals surface area contributed by atoms with Gasteiger partial charge in [-0.2, -0.15) is 0 Å². The zero-order valence-electron chi connectivity index (χ0n) is 10.6. The average Bonchev–Trinajstić information content (AvgIpc) is 2.98. The van der Waals surface area contributed by atoms with Gasteiger partial charge in [-0.05, 0) is 30.3 Å². The molecule has 0 aliphatic rings. The molecule has 2 aromatic rings. The van der Waals surface area contributed by atoms with Gasteiger partial charge in [-0.1, -0.05) is 22.0 Å². The van der Waals surface area contributed by atoms with E-state index in [0.29, 0.717) is 23.6 Å². The number of anilines is 1. The van der Waals surface area contributed by atoms with E-state index in [4.69, 9.17) is 4.42 Å². The van der Waals surface area contributed by atoms with Gasteiger partial charge in [-0.25, -0.2) is 0 Å². The molecule has 2 amide bonds. The van der Waals surface area contributed by atoms with Crippen LogP contribution in [-0.2, 0) is 11.3 Å². The van der Waals surface area contributed by atoms with E-state index >= 15 is 0 Å². The maximum atomic E-state index is 12.0. The van der Waals surface area contributed by atoms with Gasteiger partial charge in [0.1, 0.15) is 5.76 Å². The molecule has 20 heavy (non-hydrogen) atoms. The minimum absolute atomic E-state index is 0.168. The summed E-state index contributed by atoms with van der Waals surface area (Å²) in [5.41, 5.74) is 1.06. The summed E-state index contributed by atoms with van der Waals surface area (Å²) in [6.45, 7) is 0.323. The van der Waals surface area contributed by atoms with Crippen LogP contribution >= 0.6 is 15.9 Å². The normalized spacial score (nSPS) is 10.1. The van der Waals surface area contributed by atoms with E-state index in [1.54, 1.807) is 42.7 Å². The van der Waals surface area contributed by atoms with E-state index in [1.807, 2.05) is 0 Å². The number of carbonyl (C=O) groups is 2. The molecule has 1 aromatic heterocycles. The first-order valence-corrected chi connectivity index (χ1v) is 7.07. The predicted molar refractivity (Wildman–Crippen MR) is 78.7 cm³/mol. The maximum absolute atomic E-state index is 12.0. The molecule has 2 rings (SSSR count). The number of furan rings is 1. The molecule has 0 aliphatic heterocycles. The monoisotopic (exact) mass is 336 g/mol. The van der Waals surface area contributed by atoms with Crippen molar-refractivity contribution in [1.29, 1.82) is 0 Å². The molecular formula is C14H13BrN2O3. The van der Waals surface area contributed by atoms with Crippen molar-refractivity contribution >= 4 is 33.4 Å². The largest absolute Gasteiger partial charge is 0.467 e. The van der Waals surface area contributed by atoms with Crippen LogP contribution in [0.15, 0.2) is 47.1 Å². The number of benzene rings is 1. The Morgan fingerprint density at radius 2 is 2.05 bits per heavy atom. The molecule has 104 valence electrons. The summed E-state index contributed by atoms with van der Waals surface area (Å²) in [5.74, 6) is 0.289. The van der Waals surface area contributed by atoms with Gasteiger partial charge >= 0.3 is 0 Å². The highest BCUT2D eigenvalue weighted by Crippen LogP contribution is 2.11. The number of carbonyl (C=O) groups excluding carboxylic acids is 2. The molecule has 1 aromatic carbocycles. The lowest BCUT2D eigenvalue weighted by Gasteiger charge is -2.06. The molecule has 0 atom stereocenters. The molecule has 5 nitrogen and oxygen atoms in total. The molecule has 2 N–H and O–H groups in total. The quantitative estimate of drug-likeness (QED) is 0.824.